The molecule has 7 heteroatoms. The van der Waals surface area contributed by atoms with Crippen molar-refractivity contribution in [2.75, 3.05) is 11.4 Å². The van der Waals surface area contributed by atoms with E-state index < -0.39 is 28.8 Å². The second-order valence-corrected chi connectivity index (χ2v) is 4.95. The summed E-state index contributed by atoms with van der Waals surface area (Å²) in [5.74, 6) is -1.15. The van der Waals surface area contributed by atoms with Gasteiger partial charge in [-0.15, -0.1) is 0 Å². The van der Waals surface area contributed by atoms with Gasteiger partial charge in [-0.3, -0.25) is 0 Å². The highest BCUT2D eigenvalue weighted by Gasteiger charge is 2.37. The molecule has 0 bridgehead atoms. The topological polar surface area (TPSA) is 64.3 Å². The number of likely N-dealkylation sites (N-methyl/N-ethyl adjacent to an activating group) is 1. The Kier molecular flexibility index (Phi) is 4.52. The lowest BCUT2D eigenvalue weighted by molar-refractivity contribution is -0.142. The summed E-state index contributed by atoms with van der Waals surface area (Å²) in [7, 11) is 0. The Hall–Kier alpha value is -2.23. The fourth-order valence-electron chi connectivity index (χ4n) is 2.05. The minimum Gasteiger partial charge on any atom is -0.480 e. The summed E-state index contributed by atoms with van der Waals surface area (Å²) in [5, 5.41) is 18.0. The smallest absolute Gasteiger partial charge is 0.417 e. The minimum absolute atomic E-state index is 0.108. The third-order valence-electron chi connectivity index (χ3n) is 3.26. The average Bonchev–Trinajstić information content (AvgIpc) is 2.37. The summed E-state index contributed by atoms with van der Waals surface area (Å²) in [6.07, 6.45) is -4.67. The zero-order valence-electron chi connectivity index (χ0n) is 11.8. The molecular formula is C14H15F3N2O2. The summed E-state index contributed by atoms with van der Waals surface area (Å²) in [4.78, 5) is 12.6. The quantitative estimate of drug-likeness (QED) is 0.927. The van der Waals surface area contributed by atoms with E-state index >= 15 is 0 Å². The Morgan fingerprint density at radius 1 is 1.38 bits per heavy atom. The molecule has 1 N–H and O–H groups in total. The predicted octanol–water partition coefficient (Wildman–Crippen LogP) is 3.27. The molecule has 0 aliphatic carbocycles. The number of benzene rings is 1. The number of anilines is 1. The van der Waals surface area contributed by atoms with Crippen molar-refractivity contribution in [3.8, 4) is 6.07 Å². The highest BCUT2D eigenvalue weighted by atomic mass is 19.4. The number of hydrogen-bond donors (Lipinski definition) is 1. The van der Waals surface area contributed by atoms with E-state index in [4.69, 9.17) is 5.26 Å². The van der Waals surface area contributed by atoms with Crippen LogP contribution in [0.1, 0.15) is 31.9 Å². The standard InChI is InChI=1S/C14H15F3N2O2/c1-4-19(13(2,3)12(20)21)10-6-5-9(8-18)11(7-10)14(15,16)17/h5-7H,4H2,1-3H3,(H,20,21). The number of carbonyl (C=O) groups is 1. The van der Waals surface area contributed by atoms with Crippen molar-refractivity contribution in [2.45, 2.75) is 32.5 Å². The number of aliphatic carboxylic acids is 1. The first-order valence-electron chi connectivity index (χ1n) is 6.18. The van der Waals surface area contributed by atoms with Crippen molar-refractivity contribution in [3.63, 3.8) is 0 Å². The van der Waals surface area contributed by atoms with Crippen LogP contribution in [0.25, 0.3) is 0 Å². The number of carboxylic acids is 1. The van der Waals surface area contributed by atoms with Crippen LogP contribution in [0.5, 0.6) is 0 Å². The van der Waals surface area contributed by atoms with Gasteiger partial charge < -0.3 is 10.0 Å². The Bertz CT molecular complexity index is 589. The molecule has 21 heavy (non-hydrogen) atoms. The van der Waals surface area contributed by atoms with E-state index in [1.165, 1.54) is 30.9 Å². The molecule has 1 aromatic rings. The third kappa shape index (κ3) is 3.27. The van der Waals surface area contributed by atoms with Crippen LogP contribution in [0.4, 0.5) is 18.9 Å². The van der Waals surface area contributed by atoms with Crippen molar-refractivity contribution in [1.82, 2.24) is 0 Å². The van der Waals surface area contributed by atoms with E-state index in [9.17, 15) is 23.1 Å². The maximum absolute atomic E-state index is 13.0. The van der Waals surface area contributed by atoms with E-state index in [0.717, 1.165) is 12.1 Å². The van der Waals surface area contributed by atoms with Gasteiger partial charge in [-0.25, -0.2) is 4.79 Å². The molecule has 0 amide bonds. The number of rotatable bonds is 4. The van der Waals surface area contributed by atoms with Gasteiger partial charge in [0.05, 0.1) is 17.2 Å². The molecule has 1 aromatic carbocycles. The number of nitrogens with zero attached hydrogens (tertiary/aromatic N) is 2. The molecule has 0 radical (unpaired) electrons. The monoisotopic (exact) mass is 300 g/mol. The summed E-state index contributed by atoms with van der Waals surface area (Å²) < 4.78 is 38.9. The normalized spacial score (nSPS) is 11.9. The van der Waals surface area contributed by atoms with Crippen molar-refractivity contribution < 1.29 is 23.1 Å². The van der Waals surface area contributed by atoms with Gasteiger partial charge >= 0.3 is 12.1 Å². The van der Waals surface area contributed by atoms with Crippen LogP contribution in [0.3, 0.4) is 0 Å². The molecular weight excluding hydrogens is 285 g/mol. The van der Waals surface area contributed by atoms with Crippen molar-refractivity contribution in [2.24, 2.45) is 0 Å². The molecule has 0 saturated carbocycles. The molecule has 1 rings (SSSR count). The molecule has 0 saturated heterocycles. The molecule has 0 aliphatic heterocycles. The van der Waals surface area contributed by atoms with Crippen LogP contribution in [-0.2, 0) is 11.0 Å². The molecule has 0 spiro atoms. The van der Waals surface area contributed by atoms with E-state index in [1.54, 1.807) is 6.92 Å². The van der Waals surface area contributed by atoms with Gasteiger partial charge in [-0.1, -0.05) is 0 Å². The highest BCUT2D eigenvalue weighted by Crippen LogP contribution is 2.35. The lowest BCUT2D eigenvalue weighted by Gasteiger charge is -2.36. The second-order valence-electron chi connectivity index (χ2n) is 4.95. The fraction of sp³-hybridized carbons (Fsp3) is 0.429. The first-order chi connectivity index (χ1) is 9.55. The predicted molar refractivity (Wildman–Crippen MR) is 70.9 cm³/mol. The maximum Gasteiger partial charge on any atom is 0.417 e. The zero-order valence-corrected chi connectivity index (χ0v) is 11.8. The molecule has 0 unspecified atom stereocenters. The number of carboxylic acid groups (broad SMARTS) is 1. The first-order valence-corrected chi connectivity index (χ1v) is 6.18. The molecule has 0 heterocycles. The van der Waals surface area contributed by atoms with E-state index in [1.807, 2.05) is 0 Å². The largest absolute Gasteiger partial charge is 0.480 e. The van der Waals surface area contributed by atoms with E-state index in [0.29, 0.717) is 0 Å². The zero-order chi connectivity index (χ0) is 16.4. The van der Waals surface area contributed by atoms with Crippen molar-refractivity contribution >= 4 is 11.7 Å². The van der Waals surface area contributed by atoms with Gasteiger partial charge in [-0.05, 0) is 39.0 Å². The van der Waals surface area contributed by atoms with Gasteiger partial charge in [-0.2, -0.15) is 18.4 Å². The lowest BCUT2D eigenvalue weighted by Crippen LogP contribution is -2.50. The number of hydrogen-bond acceptors (Lipinski definition) is 3. The summed E-state index contributed by atoms with van der Waals surface area (Å²) in [6, 6.07) is 4.68. The average molecular weight is 300 g/mol. The van der Waals surface area contributed by atoms with Gasteiger partial charge in [0.25, 0.3) is 0 Å². The maximum atomic E-state index is 13.0. The Morgan fingerprint density at radius 3 is 2.33 bits per heavy atom. The van der Waals surface area contributed by atoms with E-state index in [-0.39, 0.29) is 12.2 Å². The number of halogens is 3. The van der Waals surface area contributed by atoms with E-state index in [2.05, 4.69) is 0 Å². The van der Waals surface area contributed by atoms with Crippen LogP contribution in [0, 0.1) is 11.3 Å². The minimum atomic E-state index is -4.67. The van der Waals surface area contributed by atoms with Crippen molar-refractivity contribution in [1.29, 1.82) is 5.26 Å². The SMILES string of the molecule is CCN(c1ccc(C#N)c(C(F)(F)F)c1)C(C)(C)C(=O)O. The Morgan fingerprint density at radius 2 is 1.95 bits per heavy atom. The van der Waals surface area contributed by atoms with Gasteiger partial charge in [0.2, 0.25) is 0 Å². The van der Waals surface area contributed by atoms with Crippen LogP contribution in [0.15, 0.2) is 18.2 Å². The summed E-state index contributed by atoms with van der Waals surface area (Å²) >= 11 is 0. The van der Waals surface area contributed by atoms with Crippen LogP contribution in [0.2, 0.25) is 0 Å². The number of alkyl halides is 3. The fourth-order valence-corrected chi connectivity index (χ4v) is 2.05. The van der Waals surface area contributed by atoms with Gasteiger partial charge in [0, 0.05) is 12.2 Å². The molecule has 4 nitrogen and oxygen atoms in total. The molecule has 0 aromatic heterocycles. The van der Waals surface area contributed by atoms with Crippen LogP contribution in [-0.4, -0.2) is 23.2 Å². The van der Waals surface area contributed by atoms with Gasteiger partial charge in [0.1, 0.15) is 5.54 Å². The first kappa shape index (κ1) is 16.8. The lowest BCUT2D eigenvalue weighted by atomic mass is 10.00. The molecule has 0 atom stereocenters. The summed E-state index contributed by atoms with van der Waals surface area (Å²) in [5.41, 5.74) is -2.82. The third-order valence-corrected chi connectivity index (χ3v) is 3.26. The molecule has 0 aliphatic rings. The van der Waals surface area contributed by atoms with Crippen LogP contribution < -0.4 is 4.90 Å². The molecule has 0 fully saturated rings. The Labute approximate surface area is 120 Å². The molecule has 114 valence electrons. The highest BCUT2D eigenvalue weighted by molar-refractivity contribution is 5.82. The van der Waals surface area contributed by atoms with Crippen LogP contribution >= 0.6 is 0 Å². The second kappa shape index (κ2) is 5.64. The number of nitriles is 1. The van der Waals surface area contributed by atoms with Gasteiger partial charge in [0.15, 0.2) is 0 Å². The summed E-state index contributed by atoms with van der Waals surface area (Å²) in [6.45, 7) is 4.67. The Balaban J connectivity index is 3.44. The van der Waals surface area contributed by atoms with Crippen molar-refractivity contribution in [3.05, 3.63) is 29.3 Å².